The number of anilines is 1. The van der Waals surface area contributed by atoms with Gasteiger partial charge in [0.05, 0.1) is 29.1 Å². The summed E-state index contributed by atoms with van der Waals surface area (Å²) in [5.74, 6) is -1.24. The Morgan fingerprint density at radius 3 is 2.67 bits per heavy atom. The van der Waals surface area contributed by atoms with Gasteiger partial charge in [0.2, 0.25) is 0 Å². The Morgan fingerprint density at radius 2 is 1.89 bits per heavy atom. The molecule has 0 saturated heterocycles. The Hall–Kier alpha value is -3.33. The van der Waals surface area contributed by atoms with Crippen LogP contribution in [0.4, 0.5) is 5.82 Å². The molecule has 5 rings (SSSR count). The molecule has 0 spiro atoms. The van der Waals surface area contributed by atoms with Crippen molar-refractivity contribution in [2.45, 2.75) is 0 Å². The number of imide groups is 1. The van der Waals surface area contributed by atoms with Crippen molar-refractivity contribution in [1.29, 1.82) is 0 Å². The number of pyridine rings is 1. The topological polar surface area (TPSA) is 110 Å². The lowest BCUT2D eigenvalue weighted by Gasteiger charge is -2.17. The summed E-state index contributed by atoms with van der Waals surface area (Å²) in [7, 11) is 0. The molecule has 0 unspecified atom stereocenters. The first-order valence-electron chi connectivity index (χ1n) is 8.25. The number of hydrogen-bond acceptors (Lipinski definition) is 7. The predicted octanol–water partition coefficient (Wildman–Crippen LogP) is 1.02. The highest BCUT2D eigenvalue weighted by molar-refractivity contribution is 8.16. The third-order valence-corrected chi connectivity index (χ3v) is 5.64. The molecule has 3 aliphatic rings. The molecular formula is C18H13N5O3S. The molecule has 1 aromatic heterocycles. The van der Waals surface area contributed by atoms with Crippen LogP contribution in [0.3, 0.4) is 0 Å². The van der Waals surface area contributed by atoms with Crippen LogP contribution in [0, 0.1) is 0 Å². The van der Waals surface area contributed by atoms with E-state index < -0.39 is 17.4 Å². The maximum atomic E-state index is 12.5. The second kappa shape index (κ2) is 5.58. The lowest BCUT2D eigenvalue weighted by atomic mass is 10.1. The van der Waals surface area contributed by atoms with E-state index in [9.17, 15) is 14.4 Å². The monoisotopic (exact) mass is 379 g/mol. The van der Waals surface area contributed by atoms with Gasteiger partial charge in [-0.3, -0.25) is 29.3 Å². The van der Waals surface area contributed by atoms with Gasteiger partial charge in [0.25, 0.3) is 17.4 Å². The number of nitrogens with one attached hydrogen (secondary N) is 1. The number of rotatable bonds is 2. The summed E-state index contributed by atoms with van der Waals surface area (Å²) in [6.07, 6.45) is 0. The van der Waals surface area contributed by atoms with E-state index in [4.69, 9.17) is 5.73 Å². The molecule has 2 aromatic rings. The number of nitrogen functional groups attached to an aromatic ring is 1. The zero-order valence-electron chi connectivity index (χ0n) is 13.9. The average molecular weight is 379 g/mol. The van der Waals surface area contributed by atoms with Gasteiger partial charge in [-0.05, 0) is 17.7 Å². The summed E-state index contributed by atoms with van der Waals surface area (Å²) in [5, 5.41) is 5.22. The third kappa shape index (κ3) is 2.25. The maximum Gasteiger partial charge on any atom is 0.262 e. The van der Waals surface area contributed by atoms with E-state index in [0.29, 0.717) is 5.69 Å². The molecule has 3 aliphatic heterocycles. The predicted molar refractivity (Wildman–Crippen MR) is 103 cm³/mol. The van der Waals surface area contributed by atoms with E-state index in [-0.39, 0.29) is 16.9 Å². The van der Waals surface area contributed by atoms with Gasteiger partial charge < -0.3 is 10.6 Å². The second-order valence-electron chi connectivity index (χ2n) is 6.26. The van der Waals surface area contributed by atoms with E-state index in [2.05, 4.69) is 20.6 Å². The molecule has 0 atom stereocenters. The number of thioether (sulfide) groups is 1. The Kier molecular flexibility index (Phi) is 3.28. The average Bonchev–Trinajstić information content (AvgIpc) is 3.31. The minimum atomic E-state index is -0.602. The lowest BCUT2D eigenvalue weighted by Crippen LogP contribution is -2.24. The van der Waals surface area contributed by atoms with Crippen LogP contribution < -0.4 is 16.6 Å². The molecule has 2 amide bonds. The molecule has 27 heavy (non-hydrogen) atoms. The molecule has 0 saturated carbocycles. The number of carbonyl (C=O) groups excluding carboxylic acids is 2. The van der Waals surface area contributed by atoms with Gasteiger partial charge >= 0.3 is 0 Å². The number of benzene rings is 1. The van der Waals surface area contributed by atoms with Gasteiger partial charge in [-0.1, -0.05) is 23.9 Å². The molecular weight excluding hydrogens is 366 g/mol. The number of nitrogens with two attached hydrogens (primary N) is 1. The van der Waals surface area contributed by atoms with E-state index >= 15 is 0 Å². The van der Waals surface area contributed by atoms with Gasteiger partial charge in [0.15, 0.2) is 5.17 Å². The minimum absolute atomic E-state index is 0.0179. The highest BCUT2D eigenvalue weighted by Crippen LogP contribution is 2.35. The van der Waals surface area contributed by atoms with Crippen molar-refractivity contribution in [3.63, 3.8) is 0 Å². The van der Waals surface area contributed by atoms with Crippen molar-refractivity contribution in [3.05, 3.63) is 62.8 Å². The zero-order valence-corrected chi connectivity index (χ0v) is 14.7. The highest BCUT2D eigenvalue weighted by Gasteiger charge is 2.32. The Balaban J connectivity index is 1.56. The second-order valence-corrected chi connectivity index (χ2v) is 7.10. The first kappa shape index (κ1) is 15.9. The Morgan fingerprint density at radius 1 is 1.11 bits per heavy atom. The number of aliphatic imine (C=N–C) groups is 1. The molecule has 134 valence electrons. The van der Waals surface area contributed by atoms with Crippen LogP contribution in [-0.2, 0) is 0 Å². The number of aromatic nitrogens is 1. The van der Waals surface area contributed by atoms with Gasteiger partial charge in [-0.15, -0.1) is 0 Å². The van der Waals surface area contributed by atoms with Gasteiger partial charge in [0.1, 0.15) is 5.82 Å². The summed E-state index contributed by atoms with van der Waals surface area (Å²) >= 11 is 1.60. The van der Waals surface area contributed by atoms with Crippen LogP contribution >= 0.6 is 11.8 Å². The van der Waals surface area contributed by atoms with Crippen molar-refractivity contribution in [2.75, 3.05) is 18.8 Å². The standard InChI is InChI=1S/C18H13N5O3S/c19-15-14-11(16(25)21-17(14)26)7-13(24)23(15)10-3-1-9(2-4-10)12-8-27-18-20-5-6-22(12)18/h1-4,7-8H,5-6,19H2,(H,21,25,26). The number of fused-ring (bicyclic) bond motifs is 2. The van der Waals surface area contributed by atoms with Crippen molar-refractivity contribution >= 4 is 40.3 Å². The van der Waals surface area contributed by atoms with Crippen LogP contribution in [0.25, 0.3) is 11.4 Å². The SMILES string of the molecule is Nc1c2c(cc(=O)n1-c1ccc(C3=CSC4=NCCN34)cc1)C(=O)NC2=O. The van der Waals surface area contributed by atoms with E-state index in [1.54, 1.807) is 23.9 Å². The smallest absolute Gasteiger partial charge is 0.262 e. The molecule has 0 bridgehead atoms. The first-order chi connectivity index (χ1) is 13.0. The number of nitrogens with zero attached hydrogens (tertiary/aromatic N) is 3. The Labute approximate surface area is 157 Å². The van der Waals surface area contributed by atoms with Crippen LogP contribution in [0.2, 0.25) is 0 Å². The lowest BCUT2D eigenvalue weighted by molar-refractivity contribution is 0.0880. The van der Waals surface area contributed by atoms with Gasteiger partial charge in [-0.25, -0.2) is 0 Å². The summed E-state index contributed by atoms with van der Waals surface area (Å²) in [6, 6.07) is 8.47. The summed E-state index contributed by atoms with van der Waals surface area (Å²) < 4.78 is 1.24. The Bertz CT molecular complexity index is 1150. The fraction of sp³-hybridized carbons (Fsp3) is 0.111. The number of carbonyl (C=O) groups is 2. The summed E-state index contributed by atoms with van der Waals surface area (Å²) in [5.41, 5.74) is 8.25. The van der Waals surface area contributed by atoms with E-state index in [1.807, 2.05) is 12.1 Å². The van der Waals surface area contributed by atoms with Gasteiger partial charge in [-0.2, -0.15) is 0 Å². The fourth-order valence-corrected chi connectivity index (χ4v) is 4.44. The maximum absolute atomic E-state index is 12.5. The van der Waals surface area contributed by atoms with Crippen LogP contribution in [-0.4, -0.2) is 39.5 Å². The van der Waals surface area contributed by atoms with Crippen molar-refractivity contribution in [1.82, 2.24) is 14.8 Å². The van der Waals surface area contributed by atoms with Crippen molar-refractivity contribution in [2.24, 2.45) is 4.99 Å². The third-order valence-electron chi connectivity index (χ3n) is 4.74. The minimum Gasteiger partial charge on any atom is -0.384 e. The van der Waals surface area contributed by atoms with Crippen molar-refractivity contribution in [3.8, 4) is 5.69 Å². The molecule has 8 nitrogen and oxygen atoms in total. The summed E-state index contributed by atoms with van der Waals surface area (Å²) in [6.45, 7) is 1.65. The zero-order chi connectivity index (χ0) is 18.7. The number of amides is 2. The number of hydrogen-bond donors (Lipinski definition) is 2. The molecule has 0 fully saturated rings. The normalized spacial score (nSPS) is 17.6. The fourth-order valence-electron chi connectivity index (χ4n) is 3.47. The highest BCUT2D eigenvalue weighted by atomic mass is 32.2. The summed E-state index contributed by atoms with van der Waals surface area (Å²) in [4.78, 5) is 42.8. The van der Waals surface area contributed by atoms with E-state index in [1.165, 1.54) is 4.57 Å². The molecule has 3 N–H and O–H groups in total. The molecule has 0 radical (unpaired) electrons. The van der Waals surface area contributed by atoms with Crippen LogP contribution in [0.15, 0.2) is 45.5 Å². The molecule has 4 heterocycles. The quantitative estimate of drug-likeness (QED) is 0.754. The molecule has 9 heteroatoms. The largest absolute Gasteiger partial charge is 0.384 e. The molecule has 1 aromatic carbocycles. The molecule has 0 aliphatic carbocycles. The van der Waals surface area contributed by atoms with Gasteiger partial charge in [0, 0.05) is 18.0 Å². The van der Waals surface area contributed by atoms with Crippen LogP contribution in [0.5, 0.6) is 0 Å². The first-order valence-corrected chi connectivity index (χ1v) is 9.13. The number of amidine groups is 1. The van der Waals surface area contributed by atoms with Crippen molar-refractivity contribution < 1.29 is 9.59 Å². The van der Waals surface area contributed by atoms with Crippen LogP contribution in [0.1, 0.15) is 26.3 Å². The van der Waals surface area contributed by atoms with E-state index in [0.717, 1.165) is 35.6 Å².